The lowest BCUT2D eigenvalue weighted by Gasteiger charge is -2.51. The molecule has 1 N–H and O–H groups in total. The van der Waals surface area contributed by atoms with E-state index in [2.05, 4.69) is 16.3 Å². The van der Waals surface area contributed by atoms with Crippen LogP contribution in [-0.4, -0.2) is 48.7 Å². The first-order chi connectivity index (χ1) is 12.3. The summed E-state index contributed by atoms with van der Waals surface area (Å²) in [6.45, 7) is 3.19. The number of thiophene rings is 1. The van der Waals surface area contributed by atoms with E-state index in [1.54, 1.807) is 11.3 Å². The van der Waals surface area contributed by atoms with Crippen LogP contribution in [0.1, 0.15) is 58.6 Å². The van der Waals surface area contributed by atoms with Crippen LogP contribution in [-0.2, 0) is 17.6 Å². The van der Waals surface area contributed by atoms with Gasteiger partial charge in [0, 0.05) is 17.4 Å². The lowest BCUT2D eigenvalue weighted by molar-refractivity contribution is -0.0747. The molecule has 2 aliphatic heterocycles. The lowest BCUT2D eigenvalue weighted by Crippen LogP contribution is -2.70. The van der Waals surface area contributed by atoms with E-state index in [4.69, 9.17) is 4.74 Å². The minimum Gasteiger partial charge on any atom is -0.376 e. The van der Waals surface area contributed by atoms with Gasteiger partial charge in [0.2, 0.25) is 0 Å². The molecule has 3 fully saturated rings. The van der Waals surface area contributed by atoms with Crippen LogP contribution in [0.4, 0.5) is 0 Å². The zero-order valence-electron chi connectivity index (χ0n) is 14.8. The zero-order valence-corrected chi connectivity index (χ0v) is 15.7. The van der Waals surface area contributed by atoms with Crippen molar-refractivity contribution in [1.82, 2.24) is 10.2 Å². The second kappa shape index (κ2) is 6.67. The molecule has 0 spiro atoms. The molecule has 136 valence electrons. The van der Waals surface area contributed by atoms with Crippen LogP contribution in [0.3, 0.4) is 0 Å². The van der Waals surface area contributed by atoms with Gasteiger partial charge in [-0.1, -0.05) is 6.42 Å². The van der Waals surface area contributed by atoms with Gasteiger partial charge < -0.3 is 10.1 Å². The van der Waals surface area contributed by atoms with Crippen LogP contribution in [0.25, 0.3) is 0 Å². The molecule has 0 unspecified atom stereocenters. The third kappa shape index (κ3) is 2.84. The SMILES string of the molecule is O=C(N[C@H]1[C@H]2CCO[C@H]2[C@@H]1N1CCCC1)c1cc2c(s1)CCCCC2. The Hall–Kier alpha value is -0.910. The molecule has 0 aromatic carbocycles. The Kier molecular flexibility index (Phi) is 4.34. The van der Waals surface area contributed by atoms with Crippen molar-refractivity contribution in [2.24, 2.45) is 5.92 Å². The Bertz CT molecular complexity index is 624. The molecule has 4 atom stereocenters. The minimum absolute atomic E-state index is 0.151. The number of nitrogens with one attached hydrogen (secondary N) is 1. The van der Waals surface area contributed by atoms with E-state index >= 15 is 0 Å². The molecule has 3 heterocycles. The molecule has 5 heteroatoms. The first-order valence-corrected chi connectivity index (χ1v) is 10.9. The third-order valence-corrected chi connectivity index (χ3v) is 7.92. The summed E-state index contributed by atoms with van der Waals surface area (Å²) < 4.78 is 5.98. The fourth-order valence-corrected chi connectivity index (χ4v) is 6.50. The molecule has 1 saturated carbocycles. The zero-order chi connectivity index (χ0) is 16.8. The first-order valence-electron chi connectivity index (χ1n) is 10.1. The highest BCUT2D eigenvalue weighted by Crippen LogP contribution is 2.43. The summed E-state index contributed by atoms with van der Waals surface area (Å²) in [5.41, 5.74) is 1.43. The fraction of sp³-hybridized carbons (Fsp3) is 0.750. The molecular formula is C20H28N2O2S. The number of rotatable bonds is 3. The maximum absolute atomic E-state index is 12.9. The molecule has 0 bridgehead atoms. The van der Waals surface area contributed by atoms with Gasteiger partial charge in [-0.2, -0.15) is 0 Å². The summed E-state index contributed by atoms with van der Waals surface area (Å²) in [7, 11) is 0. The Balaban J connectivity index is 1.31. The maximum atomic E-state index is 12.9. The van der Waals surface area contributed by atoms with Gasteiger partial charge in [0.15, 0.2) is 0 Å². The minimum atomic E-state index is 0.151. The molecule has 1 aromatic heterocycles. The number of aryl methyl sites for hydroxylation is 2. The van der Waals surface area contributed by atoms with Crippen LogP contribution in [0, 0.1) is 5.92 Å². The second-order valence-electron chi connectivity index (χ2n) is 8.14. The first kappa shape index (κ1) is 16.3. The van der Waals surface area contributed by atoms with Crippen molar-refractivity contribution in [3.63, 3.8) is 0 Å². The van der Waals surface area contributed by atoms with Gasteiger partial charge in [-0.25, -0.2) is 0 Å². The topological polar surface area (TPSA) is 41.6 Å². The van der Waals surface area contributed by atoms with Crippen LogP contribution in [0.2, 0.25) is 0 Å². The van der Waals surface area contributed by atoms with Crippen molar-refractivity contribution in [1.29, 1.82) is 0 Å². The Morgan fingerprint density at radius 3 is 2.88 bits per heavy atom. The van der Waals surface area contributed by atoms with Gasteiger partial charge in [0.25, 0.3) is 5.91 Å². The van der Waals surface area contributed by atoms with Gasteiger partial charge >= 0.3 is 0 Å². The van der Waals surface area contributed by atoms with E-state index in [0.717, 1.165) is 43.8 Å². The van der Waals surface area contributed by atoms with Crippen LogP contribution >= 0.6 is 11.3 Å². The van der Waals surface area contributed by atoms with Crippen molar-refractivity contribution in [3.8, 4) is 0 Å². The number of fused-ring (bicyclic) bond motifs is 2. The molecule has 25 heavy (non-hydrogen) atoms. The largest absolute Gasteiger partial charge is 0.376 e. The number of likely N-dealkylation sites (tertiary alicyclic amines) is 1. The summed E-state index contributed by atoms with van der Waals surface area (Å²) in [6, 6.07) is 2.85. The highest BCUT2D eigenvalue weighted by atomic mass is 32.1. The lowest BCUT2D eigenvalue weighted by atomic mass is 9.70. The van der Waals surface area contributed by atoms with E-state index in [9.17, 15) is 4.79 Å². The quantitative estimate of drug-likeness (QED) is 0.843. The third-order valence-electron chi connectivity index (χ3n) is 6.68. The smallest absolute Gasteiger partial charge is 0.261 e. The molecular weight excluding hydrogens is 332 g/mol. The normalized spacial score (nSPS) is 34.9. The van der Waals surface area contributed by atoms with Crippen molar-refractivity contribution in [2.45, 2.75) is 69.6 Å². The Labute approximate surface area is 153 Å². The highest BCUT2D eigenvalue weighted by Gasteiger charge is 2.56. The molecule has 1 amide bonds. The monoisotopic (exact) mass is 360 g/mol. The maximum Gasteiger partial charge on any atom is 0.261 e. The van der Waals surface area contributed by atoms with E-state index in [0.29, 0.717) is 18.1 Å². The molecule has 1 aromatic rings. The molecule has 2 saturated heterocycles. The summed E-state index contributed by atoms with van der Waals surface area (Å²) in [4.78, 5) is 17.9. The molecule has 2 aliphatic carbocycles. The number of carbonyl (C=O) groups excluding carboxylic acids is 1. The van der Waals surface area contributed by atoms with Gasteiger partial charge in [-0.15, -0.1) is 11.3 Å². The van der Waals surface area contributed by atoms with Gasteiger partial charge in [0.05, 0.1) is 23.1 Å². The molecule has 0 radical (unpaired) electrons. The van der Waals surface area contributed by atoms with E-state index in [-0.39, 0.29) is 11.9 Å². The number of carbonyl (C=O) groups is 1. The van der Waals surface area contributed by atoms with Gasteiger partial charge in [-0.05, 0) is 69.7 Å². The summed E-state index contributed by atoms with van der Waals surface area (Å²) in [6.07, 6.45) is 10.2. The number of hydrogen-bond acceptors (Lipinski definition) is 4. The number of nitrogens with zero attached hydrogens (tertiary/aromatic N) is 1. The standard InChI is InChI=1S/C20H28N2O2S/c23-20(16-12-13-6-2-1-3-7-15(13)25-16)21-17-14-8-11-24-19(14)18(17)22-9-4-5-10-22/h12,14,17-19H,1-11H2,(H,21,23)/t14-,17+,18-,19-/m1/s1. The van der Waals surface area contributed by atoms with Crippen molar-refractivity contribution in [3.05, 3.63) is 21.4 Å². The van der Waals surface area contributed by atoms with E-state index in [1.165, 1.54) is 42.5 Å². The van der Waals surface area contributed by atoms with Crippen molar-refractivity contribution >= 4 is 17.2 Å². The Morgan fingerprint density at radius 2 is 2.00 bits per heavy atom. The summed E-state index contributed by atoms with van der Waals surface area (Å²) in [5.74, 6) is 0.671. The van der Waals surface area contributed by atoms with Crippen molar-refractivity contribution in [2.75, 3.05) is 19.7 Å². The number of amides is 1. The van der Waals surface area contributed by atoms with Crippen molar-refractivity contribution < 1.29 is 9.53 Å². The number of ether oxygens (including phenoxy) is 1. The number of hydrogen-bond donors (Lipinski definition) is 1. The van der Waals surface area contributed by atoms with Crippen LogP contribution in [0.5, 0.6) is 0 Å². The molecule has 4 nitrogen and oxygen atoms in total. The van der Waals surface area contributed by atoms with E-state index in [1.807, 2.05) is 0 Å². The average molecular weight is 361 g/mol. The van der Waals surface area contributed by atoms with Gasteiger partial charge in [0.1, 0.15) is 0 Å². The Morgan fingerprint density at radius 1 is 1.16 bits per heavy atom. The fourth-order valence-electron chi connectivity index (χ4n) is 5.34. The van der Waals surface area contributed by atoms with E-state index < -0.39 is 0 Å². The van der Waals surface area contributed by atoms with Crippen LogP contribution in [0.15, 0.2) is 6.07 Å². The summed E-state index contributed by atoms with van der Waals surface area (Å²) in [5, 5.41) is 3.41. The summed E-state index contributed by atoms with van der Waals surface area (Å²) >= 11 is 1.74. The average Bonchev–Trinajstić information content (AvgIpc) is 3.32. The second-order valence-corrected chi connectivity index (χ2v) is 9.28. The predicted octanol–water partition coefficient (Wildman–Crippen LogP) is 3.00. The van der Waals surface area contributed by atoms with Crippen LogP contribution < -0.4 is 5.32 Å². The molecule has 4 aliphatic rings. The molecule has 5 rings (SSSR count). The predicted molar refractivity (Wildman–Crippen MR) is 99.3 cm³/mol. The highest BCUT2D eigenvalue weighted by molar-refractivity contribution is 7.14. The van der Waals surface area contributed by atoms with Gasteiger partial charge in [-0.3, -0.25) is 9.69 Å².